The fourth-order valence-electron chi connectivity index (χ4n) is 2.62. The van der Waals surface area contributed by atoms with Crippen LogP contribution in [0.25, 0.3) is 0 Å². The van der Waals surface area contributed by atoms with E-state index in [0.717, 1.165) is 11.1 Å². The van der Waals surface area contributed by atoms with Crippen molar-refractivity contribution < 1.29 is 14.7 Å². The lowest BCUT2D eigenvalue weighted by Gasteiger charge is -2.21. The van der Waals surface area contributed by atoms with Gasteiger partial charge in [-0.05, 0) is 30.5 Å². The van der Waals surface area contributed by atoms with Crippen molar-refractivity contribution in [3.05, 3.63) is 71.8 Å². The van der Waals surface area contributed by atoms with Crippen LogP contribution >= 0.6 is 0 Å². The summed E-state index contributed by atoms with van der Waals surface area (Å²) in [4.78, 5) is 24.2. The van der Waals surface area contributed by atoms with Crippen molar-refractivity contribution in [1.82, 2.24) is 5.32 Å². The molecule has 2 aromatic rings. The third-order valence-corrected chi connectivity index (χ3v) is 3.84. The van der Waals surface area contributed by atoms with Crippen LogP contribution in [0.1, 0.15) is 29.9 Å². The minimum atomic E-state index is -1.04. The van der Waals surface area contributed by atoms with Crippen molar-refractivity contribution in [3.8, 4) is 0 Å². The van der Waals surface area contributed by atoms with Crippen molar-refractivity contribution in [2.75, 3.05) is 6.54 Å². The molecule has 2 aromatic carbocycles. The Hall–Kier alpha value is -2.66. The molecule has 1 atom stereocenters. The zero-order chi connectivity index (χ0) is 17.4. The second-order valence-corrected chi connectivity index (χ2v) is 5.58. The number of nitrogens with one attached hydrogen (secondary N) is 1. The van der Waals surface area contributed by atoms with E-state index >= 15 is 0 Å². The number of hydrogen-bond acceptors (Lipinski definition) is 3. The van der Waals surface area contributed by atoms with Crippen molar-refractivity contribution in [2.45, 2.75) is 24.8 Å². The van der Waals surface area contributed by atoms with Gasteiger partial charge in [0.15, 0.2) is 0 Å². The van der Waals surface area contributed by atoms with Gasteiger partial charge in [-0.25, -0.2) is 4.79 Å². The van der Waals surface area contributed by atoms with E-state index in [9.17, 15) is 14.7 Å². The van der Waals surface area contributed by atoms with Gasteiger partial charge in [-0.15, -0.1) is 0 Å². The lowest BCUT2D eigenvalue weighted by Crippen LogP contribution is -2.43. The topological polar surface area (TPSA) is 92.4 Å². The quantitative estimate of drug-likeness (QED) is 0.693. The number of amides is 1. The Morgan fingerprint density at radius 1 is 0.958 bits per heavy atom. The summed E-state index contributed by atoms with van der Waals surface area (Å²) in [6.45, 7) is 0.389. The highest BCUT2D eigenvalue weighted by atomic mass is 16.4. The van der Waals surface area contributed by atoms with Crippen molar-refractivity contribution in [2.24, 2.45) is 5.73 Å². The third-order valence-electron chi connectivity index (χ3n) is 3.84. The smallest absolute Gasteiger partial charge is 0.326 e. The molecule has 0 radical (unpaired) electrons. The van der Waals surface area contributed by atoms with E-state index in [4.69, 9.17) is 5.73 Å². The maximum absolute atomic E-state index is 12.8. The molecule has 0 aliphatic rings. The van der Waals surface area contributed by atoms with E-state index in [1.54, 1.807) is 0 Å². The van der Waals surface area contributed by atoms with E-state index in [2.05, 4.69) is 5.32 Å². The average Bonchev–Trinajstić information content (AvgIpc) is 2.60. The maximum Gasteiger partial charge on any atom is 0.326 e. The minimum Gasteiger partial charge on any atom is -0.480 e. The van der Waals surface area contributed by atoms with Crippen LogP contribution in [0, 0.1) is 0 Å². The average molecular weight is 326 g/mol. The maximum atomic E-state index is 12.8. The van der Waals surface area contributed by atoms with Gasteiger partial charge in [0.2, 0.25) is 5.91 Å². The van der Waals surface area contributed by atoms with E-state index in [-0.39, 0.29) is 5.91 Å². The molecule has 0 aliphatic carbocycles. The molecule has 5 nitrogen and oxygen atoms in total. The predicted molar refractivity (Wildman–Crippen MR) is 92.6 cm³/mol. The number of nitrogens with two attached hydrogens (primary N) is 1. The molecule has 0 saturated heterocycles. The Balaban J connectivity index is 2.26. The molecule has 0 spiro atoms. The van der Waals surface area contributed by atoms with Gasteiger partial charge in [-0.1, -0.05) is 60.7 Å². The number of hydrogen-bond donors (Lipinski definition) is 3. The number of carboxylic acids is 1. The fourth-order valence-corrected chi connectivity index (χ4v) is 2.62. The third kappa shape index (κ3) is 4.67. The van der Waals surface area contributed by atoms with Gasteiger partial charge < -0.3 is 16.2 Å². The molecule has 2 rings (SSSR count). The second kappa shape index (κ2) is 8.84. The predicted octanol–water partition coefficient (Wildman–Crippen LogP) is 2.13. The Bertz CT molecular complexity index is 619. The van der Waals surface area contributed by atoms with Crippen molar-refractivity contribution in [1.29, 1.82) is 0 Å². The number of carboxylic acid groups (broad SMARTS) is 1. The van der Waals surface area contributed by atoms with E-state index in [1.165, 1.54) is 0 Å². The first kappa shape index (κ1) is 17.7. The standard InChI is InChI=1S/C19H22N2O3/c20-13-7-12-16(19(23)24)21-18(22)17(14-8-3-1-4-9-14)15-10-5-2-6-11-15/h1-6,8-11,16-17H,7,12-13,20H2,(H,21,22)(H,23,24). The molecule has 0 bridgehead atoms. The molecular formula is C19H22N2O3. The molecule has 24 heavy (non-hydrogen) atoms. The summed E-state index contributed by atoms with van der Waals surface area (Å²) in [5.41, 5.74) is 7.09. The molecule has 0 aromatic heterocycles. The van der Waals surface area contributed by atoms with Crippen LogP contribution in [0.4, 0.5) is 0 Å². The van der Waals surface area contributed by atoms with Crippen LogP contribution in [0.2, 0.25) is 0 Å². The highest BCUT2D eigenvalue weighted by molar-refractivity contribution is 5.90. The molecule has 0 fully saturated rings. The molecule has 0 heterocycles. The van der Waals surface area contributed by atoms with Crippen LogP contribution in [-0.4, -0.2) is 29.6 Å². The molecular weight excluding hydrogens is 304 g/mol. The SMILES string of the molecule is NCCCC(NC(=O)C(c1ccccc1)c1ccccc1)C(=O)O. The number of carbonyl (C=O) groups excluding carboxylic acids is 1. The molecule has 0 saturated carbocycles. The number of benzene rings is 2. The van der Waals surface area contributed by atoms with Gasteiger partial charge >= 0.3 is 5.97 Å². The van der Waals surface area contributed by atoms with Crippen LogP contribution in [0.3, 0.4) is 0 Å². The van der Waals surface area contributed by atoms with Crippen LogP contribution in [0.15, 0.2) is 60.7 Å². The summed E-state index contributed by atoms with van der Waals surface area (Å²) in [6.07, 6.45) is 0.854. The van der Waals surface area contributed by atoms with Gasteiger partial charge in [0.05, 0.1) is 5.92 Å². The van der Waals surface area contributed by atoms with E-state index in [0.29, 0.717) is 19.4 Å². The second-order valence-electron chi connectivity index (χ2n) is 5.58. The molecule has 1 unspecified atom stereocenters. The highest BCUT2D eigenvalue weighted by Gasteiger charge is 2.27. The molecule has 4 N–H and O–H groups in total. The first-order valence-electron chi connectivity index (χ1n) is 7.96. The van der Waals surface area contributed by atoms with Crippen molar-refractivity contribution in [3.63, 3.8) is 0 Å². The zero-order valence-electron chi connectivity index (χ0n) is 13.4. The lowest BCUT2D eigenvalue weighted by atomic mass is 9.90. The Morgan fingerprint density at radius 3 is 1.88 bits per heavy atom. The molecule has 1 amide bonds. The van der Waals surface area contributed by atoms with Gasteiger partial charge in [0, 0.05) is 0 Å². The molecule has 5 heteroatoms. The summed E-state index contributed by atoms with van der Waals surface area (Å²) in [5.74, 6) is -1.92. The Kier molecular flexibility index (Phi) is 6.51. The highest BCUT2D eigenvalue weighted by Crippen LogP contribution is 2.25. The van der Waals surface area contributed by atoms with Gasteiger partial charge in [0.25, 0.3) is 0 Å². The summed E-state index contributed by atoms with van der Waals surface area (Å²) in [7, 11) is 0. The first-order valence-corrected chi connectivity index (χ1v) is 7.96. The molecule has 0 aliphatic heterocycles. The van der Waals surface area contributed by atoms with Crippen LogP contribution in [0.5, 0.6) is 0 Å². The lowest BCUT2D eigenvalue weighted by molar-refractivity contribution is -0.142. The first-order chi connectivity index (χ1) is 11.6. The van der Waals surface area contributed by atoms with Crippen LogP contribution in [-0.2, 0) is 9.59 Å². The van der Waals surface area contributed by atoms with Crippen molar-refractivity contribution >= 4 is 11.9 Å². The summed E-state index contributed by atoms with van der Waals surface area (Å²) in [5, 5.41) is 12.0. The normalized spacial score (nSPS) is 11.9. The van der Waals surface area contributed by atoms with Gasteiger partial charge in [0.1, 0.15) is 6.04 Å². The van der Waals surface area contributed by atoms with Gasteiger partial charge in [-0.2, -0.15) is 0 Å². The monoisotopic (exact) mass is 326 g/mol. The zero-order valence-corrected chi connectivity index (χ0v) is 13.4. The summed E-state index contributed by atoms with van der Waals surface area (Å²) in [6, 6.07) is 17.7. The number of aliphatic carboxylic acids is 1. The van der Waals surface area contributed by atoms with E-state index in [1.807, 2.05) is 60.7 Å². The Labute approximate surface area is 141 Å². The number of rotatable bonds is 8. The largest absolute Gasteiger partial charge is 0.480 e. The van der Waals surface area contributed by atoms with Gasteiger partial charge in [-0.3, -0.25) is 4.79 Å². The van der Waals surface area contributed by atoms with E-state index < -0.39 is 17.9 Å². The fraction of sp³-hybridized carbons (Fsp3) is 0.263. The summed E-state index contributed by atoms with van der Waals surface area (Å²) >= 11 is 0. The Morgan fingerprint density at radius 2 is 1.46 bits per heavy atom. The minimum absolute atomic E-state index is 0.313. The van der Waals surface area contributed by atoms with Crippen LogP contribution < -0.4 is 11.1 Å². The molecule has 126 valence electrons. The number of carbonyl (C=O) groups is 2. The summed E-state index contributed by atoms with van der Waals surface area (Å²) < 4.78 is 0.